The van der Waals surface area contributed by atoms with E-state index in [-0.39, 0.29) is 23.9 Å². The standard InChI is InChI=1S/C10H10ClN3O2/c11-4-3-9(15)12-6-1-2-7-8(5-6)14-10(16)13-7/h1-2,5H,3-4H2,(H,12,15)(H2,13,14,16). The van der Waals surface area contributed by atoms with Crippen molar-refractivity contribution >= 4 is 34.2 Å². The summed E-state index contributed by atoms with van der Waals surface area (Å²) in [6, 6.07) is 5.14. The number of hydrogen-bond acceptors (Lipinski definition) is 2. The Morgan fingerprint density at radius 2 is 2.06 bits per heavy atom. The van der Waals surface area contributed by atoms with Gasteiger partial charge in [0, 0.05) is 18.0 Å². The first-order valence-corrected chi connectivity index (χ1v) is 5.30. The number of imidazole rings is 1. The number of nitrogens with one attached hydrogen (secondary N) is 3. The highest BCUT2D eigenvalue weighted by atomic mass is 35.5. The van der Waals surface area contributed by atoms with Crippen LogP contribution in [0.3, 0.4) is 0 Å². The van der Waals surface area contributed by atoms with Gasteiger partial charge in [-0.3, -0.25) is 4.79 Å². The number of fused-ring (bicyclic) bond motifs is 1. The van der Waals surface area contributed by atoms with Crippen molar-refractivity contribution in [3.8, 4) is 0 Å². The molecule has 5 nitrogen and oxygen atoms in total. The largest absolute Gasteiger partial charge is 0.326 e. The number of anilines is 1. The minimum atomic E-state index is -0.265. The van der Waals surface area contributed by atoms with Crippen LogP contribution in [-0.2, 0) is 4.79 Å². The fraction of sp³-hybridized carbons (Fsp3) is 0.200. The summed E-state index contributed by atoms with van der Waals surface area (Å²) in [5, 5.41) is 2.68. The predicted octanol–water partition coefficient (Wildman–Crippen LogP) is 1.42. The van der Waals surface area contributed by atoms with Gasteiger partial charge in [0.25, 0.3) is 0 Å². The minimum absolute atomic E-state index is 0.146. The monoisotopic (exact) mass is 239 g/mol. The molecule has 0 saturated heterocycles. The van der Waals surface area contributed by atoms with Gasteiger partial charge >= 0.3 is 5.69 Å². The molecule has 1 aromatic carbocycles. The molecule has 0 atom stereocenters. The number of H-pyrrole nitrogens is 2. The third-order valence-electron chi connectivity index (χ3n) is 2.12. The van der Waals surface area contributed by atoms with E-state index in [1.807, 2.05) is 0 Å². The van der Waals surface area contributed by atoms with Crippen molar-refractivity contribution in [2.75, 3.05) is 11.2 Å². The normalized spacial score (nSPS) is 10.6. The van der Waals surface area contributed by atoms with Crippen LogP contribution in [0.25, 0.3) is 11.0 Å². The number of rotatable bonds is 3. The van der Waals surface area contributed by atoms with Crippen LogP contribution in [0, 0.1) is 0 Å². The summed E-state index contributed by atoms with van der Waals surface area (Å²) < 4.78 is 0. The van der Waals surface area contributed by atoms with Crippen LogP contribution in [0.5, 0.6) is 0 Å². The van der Waals surface area contributed by atoms with E-state index in [0.29, 0.717) is 16.7 Å². The summed E-state index contributed by atoms with van der Waals surface area (Å²) in [7, 11) is 0. The van der Waals surface area contributed by atoms with Crippen LogP contribution in [0.1, 0.15) is 6.42 Å². The van der Waals surface area contributed by atoms with Crippen LogP contribution in [0.4, 0.5) is 5.69 Å². The number of benzene rings is 1. The molecule has 2 rings (SSSR count). The fourth-order valence-electron chi connectivity index (χ4n) is 1.42. The maximum Gasteiger partial charge on any atom is 0.323 e. The van der Waals surface area contributed by atoms with E-state index in [4.69, 9.17) is 11.6 Å². The SMILES string of the molecule is O=C(CCCl)Nc1ccc2[nH]c(=O)[nH]c2c1. The zero-order valence-electron chi connectivity index (χ0n) is 8.34. The molecule has 0 spiro atoms. The Balaban J connectivity index is 2.25. The van der Waals surface area contributed by atoms with E-state index in [2.05, 4.69) is 15.3 Å². The second-order valence-corrected chi connectivity index (χ2v) is 3.70. The van der Waals surface area contributed by atoms with Gasteiger partial charge in [0.2, 0.25) is 5.91 Å². The summed E-state index contributed by atoms with van der Waals surface area (Å²) in [5.74, 6) is 0.141. The average Bonchev–Trinajstić information content (AvgIpc) is 2.57. The summed E-state index contributed by atoms with van der Waals surface area (Å²) in [5.41, 5.74) is 1.74. The topological polar surface area (TPSA) is 77.8 Å². The van der Waals surface area contributed by atoms with E-state index >= 15 is 0 Å². The zero-order valence-corrected chi connectivity index (χ0v) is 9.10. The van der Waals surface area contributed by atoms with Crippen LogP contribution < -0.4 is 11.0 Å². The lowest BCUT2D eigenvalue weighted by atomic mass is 10.2. The Labute approximate surface area is 95.8 Å². The van der Waals surface area contributed by atoms with Crippen molar-refractivity contribution < 1.29 is 4.79 Å². The quantitative estimate of drug-likeness (QED) is 0.709. The molecular formula is C10H10ClN3O2. The highest BCUT2D eigenvalue weighted by Crippen LogP contribution is 2.14. The number of aromatic nitrogens is 2. The van der Waals surface area contributed by atoms with Gasteiger partial charge in [0.15, 0.2) is 0 Å². The lowest BCUT2D eigenvalue weighted by Crippen LogP contribution is -2.11. The lowest BCUT2D eigenvalue weighted by molar-refractivity contribution is -0.115. The van der Waals surface area contributed by atoms with Crippen molar-refractivity contribution in [1.82, 2.24) is 9.97 Å². The zero-order chi connectivity index (χ0) is 11.5. The Hall–Kier alpha value is -1.75. The fourth-order valence-corrected chi connectivity index (χ4v) is 1.59. The average molecular weight is 240 g/mol. The number of halogens is 1. The van der Waals surface area contributed by atoms with Crippen LogP contribution in [0.2, 0.25) is 0 Å². The molecule has 3 N–H and O–H groups in total. The van der Waals surface area contributed by atoms with Crippen LogP contribution >= 0.6 is 11.6 Å². The second kappa shape index (κ2) is 4.40. The van der Waals surface area contributed by atoms with Gasteiger partial charge in [-0.2, -0.15) is 0 Å². The molecule has 16 heavy (non-hydrogen) atoms. The summed E-state index contributed by atoms with van der Waals surface area (Å²) >= 11 is 5.45. The van der Waals surface area contributed by atoms with Crippen LogP contribution in [0.15, 0.2) is 23.0 Å². The lowest BCUT2D eigenvalue weighted by Gasteiger charge is -2.03. The highest BCUT2D eigenvalue weighted by molar-refractivity contribution is 6.19. The van der Waals surface area contributed by atoms with Gasteiger partial charge in [-0.25, -0.2) is 4.79 Å². The van der Waals surface area contributed by atoms with Gasteiger partial charge in [-0.05, 0) is 18.2 Å². The molecule has 0 bridgehead atoms. The van der Waals surface area contributed by atoms with Crippen molar-refractivity contribution in [1.29, 1.82) is 0 Å². The summed E-state index contributed by atoms with van der Waals surface area (Å²) in [6.07, 6.45) is 0.267. The molecule has 6 heteroatoms. The first-order valence-electron chi connectivity index (χ1n) is 4.77. The number of alkyl halides is 1. The third kappa shape index (κ3) is 2.25. The molecule has 2 aromatic rings. The van der Waals surface area contributed by atoms with Gasteiger partial charge in [-0.15, -0.1) is 11.6 Å². The van der Waals surface area contributed by atoms with Crippen LogP contribution in [-0.4, -0.2) is 21.8 Å². The van der Waals surface area contributed by atoms with E-state index in [9.17, 15) is 9.59 Å². The molecule has 0 saturated carbocycles. The molecule has 0 aliphatic heterocycles. The molecule has 1 heterocycles. The van der Waals surface area contributed by atoms with Gasteiger partial charge in [0.1, 0.15) is 0 Å². The molecule has 0 unspecified atom stereocenters. The molecule has 0 radical (unpaired) electrons. The molecule has 84 valence electrons. The van der Waals surface area contributed by atoms with E-state index < -0.39 is 0 Å². The van der Waals surface area contributed by atoms with Gasteiger partial charge < -0.3 is 15.3 Å². The first-order chi connectivity index (χ1) is 7.69. The maximum absolute atomic E-state index is 11.3. The Kier molecular flexibility index (Phi) is 2.96. The maximum atomic E-state index is 11.3. The number of carbonyl (C=O) groups excluding carboxylic acids is 1. The Morgan fingerprint density at radius 1 is 1.31 bits per heavy atom. The molecule has 0 fully saturated rings. The smallest absolute Gasteiger partial charge is 0.323 e. The number of aromatic amines is 2. The highest BCUT2D eigenvalue weighted by Gasteiger charge is 2.03. The molecule has 1 aromatic heterocycles. The van der Waals surface area contributed by atoms with Gasteiger partial charge in [0.05, 0.1) is 11.0 Å². The molecule has 0 aliphatic rings. The van der Waals surface area contributed by atoms with Crippen molar-refractivity contribution in [3.05, 3.63) is 28.7 Å². The first kappa shape index (κ1) is 10.8. The number of amides is 1. The third-order valence-corrected chi connectivity index (χ3v) is 2.31. The summed E-state index contributed by atoms with van der Waals surface area (Å²) in [6.45, 7) is 0. The minimum Gasteiger partial charge on any atom is -0.326 e. The predicted molar refractivity (Wildman–Crippen MR) is 62.9 cm³/mol. The van der Waals surface area contributed by atoms with E-state index in [1.165, 1.54) is 0 Å². The van der Waals surface area contributed by atoms with Gasteiger partial charge in [-0.1, -0.05) is 0 Å². The van der Waals surface area contributed by atoms with Crippen molar-refractivity contribution in [3.63, 3.8) is 0 Å². The number of carbonyl (C=O) groups is 1. The number of hydrogen-bond donors (Lipinski definition) is 3. The molecule has 0 aliphatic carbocycles. The summed E-state index contributed by atoms with van der Waals surface area (Å²) in [4.78, 5) is 27.5. The Bertz CT molecular complexity index is 573. The van der Waals surface area contributed by atoms with E-state index in [0.717, 1.165) is 0 Å². The Morgan fingerprint density at radius 3 is 2.81 bits per heavy atom. The van der Waals surface area contributed by atoms with E-state index in [1.54, 1.807) is 18.2 Å². The molecular weight excluding hydrogens is 230 g/mol. The molecule has 1 amide bonds. The second-order valence-electron chi connectivity index (χ2n) is 3.33. The van der Waals surface area contributed by atoms with Crippen molar-refractivity contribution in [2.45, 2.75) is 6.42 Å². The van der Waals surface area contributed by atoms with Crippen molar-refractivity contribution in [2.24, 2.45) is 0 Å².